The van der Waals surface area contributed by atoms with Gasteiger partial charge in [0.15, 0.2) is 0 Å². The molecule has 72 heavy (non-hydrogen) atoms. The molecule has 0 aliphatic carbocycles. The predicted octanol–water partition coefficient (Wildman–Crippen LogP) is 20.8. The molecular weight excluding hydrogens is 887 g/mol. The number of carbonyl (C=O) groups excluding carboxylic acids is 2. The average molecular weight is 1020 g/mol. The molecule has 6 nitrogen and oxygen atoms in total. The van der Waals surface area contributed by atoms with Crippen molar-refractivity contribution in [1.82, 2.24) is 5.32 Å². The second-order valence-electron chi connectivity index (χ2n) is 22.8. The molecule has 428 valence electrons. The van der Waals surface area contributed by atoms with Crippen LogP contribution < -0.4 is 5.32 Å². The molecule has 1 amide bonds. The van der Waals surface area contributed by atoms with Crippen molar-refractivity contribution in [2.24, 2.45) is 0 Å². The number of rotatable bonds is 62. The summed E-state index contributed by atoms with van der Waals surface area (Å²) in [5.41, 5.74) is 0. The van der Waals surface area contributed by atoms with Crippen LogP contribution in [0.2, 0.25) is 0 Å². The van der Waals surface area contributed by atoms with Gasteiger partial charge in [0.2, 0.25) is 5.91 Å². The molecule has 0 aromatic rings. The number of amides is 1. The van der Waals surface area contributed by atoms with E-state index in [0.29, 0.717) is 25.9 Å². The minimum Gasteiger partial charge on any atom is -0.466 e. The Labute approximate surface area is 450 Å². The molecule has 6 heteroatoms. The highest BCUT2D eigenvalue weighted by atomic mass is 16.5. The zero-order valence-electron chi connectivity index (χ0n) is 48.9. The smallest absolute Gasteiger partial charge is 0.305 e. The summed E-state index contributed by atoms with van der Waals surface area (Å²) in [6, 6.07) is -0.537. The van der Waals surface area contributed by atoms with Crippen molar-refractivity contribution < 1.29 is 24.5 Å². The van der Waals surface area contributed by atoms with E-state index in [0.717, 1.165) is 44.9 Å². The molecule has 2 atom stereocenters. The lowest BCUT2D eigenvalue weighted by Crippen LogP contribution is -2.45. The molecule has 0 saturated carbocycles. The molecule has 0 saturated heterocycles. The summed E-state index contributed by atoms with van der Waals surface area (Å²) in [6.45, 7) is 4.94. The third-order valence-corrected chi connectivity index (χ3v) is 15.6. The van der Waals surface area contributed by atoms with E-state index in [1.54, 1.807) is 0 Å². The van der Waals surface area contributed by atoms with Crippen LogP contribution in [0.15, 0.2) is 12.2 Å². The van der Waals surface area contributed by atoms with Crippen molar-refractivity contribution in [2.45, 2.75) is 386 Å². The van der Waals surface area contributed by atoms with Crippen LogP contribution in [0.4, 0.5) is 0 Å². The minimum atomic E-state index is -0.660. The minimum absolute atomic E-state index is 0.00950. The number of aliphatic hydroxyl groups is 2. The van der Waals surface area contributed by atoms with E-state index >= 15 is 0 Å². The Morgan fingerprint density at radius 1 is 0.375 bits per heavy atom. The quantitative estimate of drug-likeness (QED) is 0.0320. The Morgan fingerprint density at radius 2 is 0.667 bits per heavy atom. The molecule has 2 unspecified atom stereocenters. The maximum absolute atomic E-state index is 12.5. The fourth-order valence-electron chi connectivity index (χ4n) is 10.5. The van der Waals surface area contributed by atoms with Gasteiger partial charge in [0.25, 0.3) is 0 Å². The van der Waals surface area contributed by atoms with Gasteiger partial charge in [-0.25, -0.2) is 0 Å². The molecule has 0 spiro atoms. The number of ether oxygens (including phenoxy) is 1. The number of allylic oxidation sites excluding steroid dienone is 2. The lowest BCUT2D eigenvalue weighted by atomic mass is 10.0. The average Bonchev–Trinajstić information content (AvgIpc) is 3.38. The topological polar surface area (TPSA) is 95.9 Å². The third-order valence-electron chi connectivity index (χ3n) is 15.6. The van der Waals surface area contributed by atoms with E-state index in [4.69, 9.17) is 4.74 Å². The predicted molar refractivity (Wildman–Crippen MR) is 315 cm³/mol. The molecule has 0 aromatic carbocycles. The Bertz CT molecular complexity index is 1080. The van der Waals surface area contributed by atoms with Gasteiger partial charge in [0.05, 0.1) is 25.4 Å². The van der Waals surface area contributed by atoms with Gasteiger partial charge in [-0.3, -0.25) is 9.59 Å². The van der Waals surface area contributed by atoms with E-state index in [1.807, 2.05) is 0 Å². The number of nitrogens with one attached hydrogen (secondary N) is 1. The van der Waals surface area contributed by atoms with Crippen LogP contribution >= 0.6 is 0 Å². The number of hydrogen-bond acceptors (Lipinski definition) is 5. The highest BCUT2D eigenvalue weighted by Crippen LogP contribution is 2.19. The lowest BCUT2D eigenvalue weighted by molar-refractivity contribution is -0.143. The standard InChI is InChI=1S/C66H129NO5/c1-3-5-7-9-11-13-15-16-35-39-42-46-50-54-58-64(69)63(62-68)67-65(70)59-55-51-47-43-40-36-33-31-29-27-25-23-21-19-17-18-20-22-24-26-28-30-32-34-37-41-45-49-53-57-61-72-66(71)60-56-52-48-44-38-14-12-10-8-6-4-2/h10,12,63-64,68-69H,3-9,11,13-62H2,1-2H3,(H,67,70)/b12-10-. The number of esters is 1. The zero-order chi connectivity index (χ0) is 52.2. The van der Waals surface area contributed by atoms with Gasteiger partial charge in [0, 0.05) is 12.8 Å². The summed E-state index contributed by atoms with van der Waals surface area (Å²) in [6.07, 6.45) is 75.4. The highest BCUT2D eigenvalue weighted by molar-refractivity contribution is 5.76. The van der Waals surface area contributed by atoms with Gasteiger partial charge in [-0.15, -0.1) is 0 Å². The van der Waals surface area contributed by atoms with E-state index in [1.165, 1.54) is 295 Å². The number of aliphatic hydroxyl groups excluding tert-OH is 2. The van der Waals surface area contributed by atoms with Crippen molar-refractivity contribution in [3.05, 3.63) is 12.2 Å². The molecule has 0 bridgehead atoms. The second kappa shape index (κ2) is 62.1. The van der Waals surface area contributed by atoms with E-state index in [-0.39, 0.29) is 18.5 Å². The molecule has 0 aliphatic heterocycles. The van der Waals surface area contributed by atoms with Crippen LogP contribution in [0, 0.1) is 0 Å². The summed E-state index contributed by atoms with van der Waals surface area (Å²) in [4.78, 5) is 24.5. The molecule has 0 aromatic heterocycles. The summed E-state index contributed by atoms with van der Waals surface area (Å²) in [5, 5.41) is 23.3. The van der Waals surface area contributed by atoms with Gasteiger partial charge >= 0.3 is 5.97 Å². The fourth-order valence-corrected chi connectivity index (χ4v) is 10.5. The number of carbonyl (C=O) groups is 2. The van der Waals surface area contributed by atoms with Gasteiger partial charge in [-0.05, 0) is 44.9 Å². The van der Waals surface area contributed by atoms with Crippen LogP contribution in [0.5, 0.6) is 0 Å². The summed E-state index contributed by atoms with van der Waals surface area (Å²) in [7, 11) is 0. The molecule has 0 fully saturated rings. The molecule has 0 rings (SSSR count). The van der Waals surface area contributed by atoms with E-state index in [9.17, 15) is 19.8 Å². The summed E-state index contributed by atoms with van der Waals surface area (Å²) >= 11 is 0. The van der Waals surface area contributed by atoms with E-state index in [2.05, 4.69) is 31.3 Å². The summed E-state index contributed by atoms with van der Waals surface area (Å²) in [5.74, 6) is -0.0190. The van der Waals surface area contributed by atoms with Crippen molar-refractivity contribution in [3.8, 4) is 0 Å². The van der Waals surface area contributed by atoms with Crippen LogP contribution in [0.25, 0.3) is 0 Å². The first-order valence-electron chi connectivity index (χ1n) is 32.9. The van der Waals surface area contributed by atoms with Crippen LogP contribution in [0.1, 0.15) is 373 Å². The van der Waals surface area contributed by atoms with Crippen molar-refractivity contribution >= 4 is 11.9 Å². The zero-order valence-corrected chi connectivity index (χ0v) is 48.9. The van der Waals surface area contributed by atoms with Crippen LogP contribution in [0.3, 0.4) is 0 Å². The Morgan fingerprint density at radius 3 is 1.03 bits per heavy atom. The van der Waals surface area contributed by atoms with Crippen LogP contribution in [-0.2, 0) is 14.3 Å². The van der Waals surface area contributed by atoms with E-state index < -0.39 is 12.1 Å². The number of hydrogen-bond donors (Lipinski definition) is 3. The highest BCUT2D eigenvalue weighted by Gasteiger charge is 2.20. The largest absolute Gasteiger partial charge is 0.466 e. The van der Waals surface area contributed by atoms with Crippen molar-refractivity contribution in [2.75, 3.05) is 13.2 Å². The van der Waals surface area contributed by atoms with Gasteiger partial charge in [-0.1, -0.05) is 328 Å². The second-order valence-corrected chi connectivity index (χ2v) is 22.8. The third kappa shape index (κ3) is 57.9. The molecule has 3 N–H and O–H groups in total. The first-order valence-corrected chi connectivity index (χ1v) is 32.9. The van der Waals surface area contributed by atoms with Crippen molar-refractivity contribution in [1.29, 1.82) is 0 Å². The van der Waals surface area contributed by atoms with Gasteiger partial charge in [0.1, 0.15) is 0 Å². The molecular formula is C66H129NO5. The summed E-state index contributed by atoms with van der Waals surface area (Å²) < 4.78 is 5.47. The fraction of sp³-hybridized carbons (Fsp3) is 0.939. The maximum atomic E-state index is 12.5. The van der Waals surface area contributed by atoms with Gasteiger partial charge < -0.3 is 20.3 Å². The first kappa shape index (κ1) is 70.6. The molecule has 0 heterocycles. The molecule has 0 aliphatic rings. The Kier molecular flexibility index (Phi) is 60.9. The van der Waals surface area contributed by atoms with Crippen LogP contribution in [-0.4, -0.2) is 47.4 Å². The number of unbranched alkanes of at least 4 members (excludes halogenated alkanes) is 49. The maximum Gasteiger partial charge on any atom is 0.305 e. The Hall–Kier alpha value is -1.40. The monoisotopic (exact) mass is 1020 g/mol. The van der Waals surface area contributed by atoms with Crippen molar-refractivity contribution in [3.63, 3.8) is 0 Å². The first-order chi connectivity index (χ1) is 35.5. The van der Waals surface area contributed by atoms with Gasteiger partial charge in [-0.2, -0.15) is 0 Å². The Balaban J connectivity index is 3.32. The SMILES string of the molecule is CCCC/C=C\CCCCCCCC(=O)OCCCCCCCCCCCCCCCCCCCCCCCCCCCCCCCCC(=O)NC(CO)C(O)CCCCCCCCCCCCCCCC. The molecule has 0 radical (unpaired) electrons. The lowest BCUT2D eigenvalue weighted by Gasteiger charge is -2.22. The normalized spacial score (nSPS) is 12.6.